The summed E-state index contributed by atoms with van der Waals surface area (Å²) in [5.41, 5.74) is 1.21. The monoisotopic (exact) mass is 345 g/mol. The summed E-state index contributed by atoms with van der Waals surface area (Å²) in [5, 5.41) is 3.88. The number of ether oxygens (including phenoxy) is 2. The Morgan fingerprint density at radius 1 is 1.08 bits per heavy atom. The van der Waals surface area contributed by atoms with E-state index >= 15 is 0 Å². The predicted octanol–water partition coefficient (Wildman–Crippen LogP) is 4.17. The third kappa shape index (κ3) is 3.06. The Hall–Kier alpha value is -2.20. The van der Waals surface area contributed by atoms with Gasteiger partial charge in [-0.3, -0.25) is 4.79 Å². The Bertz CT molecular complexity index is 739. The minimum Gasteiger partial charge on any atom is -0.497 e. The van der Waals surface area contributed by atoms with E-state index in [1.54, 1.807) is 32.4 Å². The minimum absolute atomic E-state index is 0.166. The van der Waals surface area contributed by atoms with Crippen molar-refractivity contribution in [3.05, 3.63) is 58.6 Å². The van der Waals surface area contributed by atoms with Crippen molar-refractivity contribution >= 4 is 17.5 Å². The van der Waals surface area contributed by atoms with Gasteiger partial charge in [0.2, 0.25) is 0 Å². The van der Waals surface area contributed by atoms with Crippen LogP contribution in [0.2, 0.25) is 5.02 Å². The van der Waals surface area contributed by atoms with E-state index in [-0.39, 0.29) is 11.4 Å². The van der Waals surface area contributed by atoms with Crippen LogP contribution in [-0.4, -0.2) is 20.1 Å². The first-order chi connectivity index (χ1) is 11.6. The number of carbonyl (C=O) groups is 1. The van der Waals surface area contributed by atoms with Gasteiger partial charge in [-0.05, 0) is 55.2 Å². The summed E-state index contributed by atoms with van der Waals surface area (Å²) in [6, 6.07) is 12.9. The summed E-state index contributed by atoms with van der Waals surface area (Å²) in [4.78, 5) is 12.9. The highest BCUT2D eigenvalue weighted by Gasteiger charge is 2.40. The molecule has 1 aliphatic rings. The second-order valence-corrected chi connectivity index (χ2v) is 6.40. The van der Waals surface area contributed by atoms with E-state index in [9.17, 15) is 4.79 Å². The van der Waals surface area contributed by atoms with Crippen LogP contribution in [0.4, 0.5) is 0 Å². The van der Waals surface area contributed by atoms with Crippen LogP contribution < -0.4 is 14.8 Å². The maximum absolute atomic E-state index is 12.9. The standard InChI is InChI=1S/C19H20ClNO3/c1-23-15-8-9-17(24-2)16(12-15)18(22)21-19(10-3-11-19)13-4-6-14(20)7-5-13/h4-9,12H,3,10-11H2,1-2H3,(H,21,22). The van der Waals surface area contributed by atoms with E-state index in [1.807, 2.05) is 24.3 Å². The fourth-order valence-electron chi connectivity index (χ4n) is 3.06. The van der Waals surface area contributed by atoms with Gasteiger partial charge >= 0.3 is 0 Å². The number of hydrogen-bond acceptors (Lipinski definition) is 3. The van der Waals surface area contributed by atoms with Crippen molar-refractivity contribution in [2.75, 3.05) is 14.2 Å². The van der Waals surface area contributed by atoms with E-state index < -0.39 is 0 Å². The molecule has 0 bridgehead atoms. The molecule has 0 radical (unpaired) electrons. The van der Waals surface area contributed by atoms with E-state index in [0.717, 1.165) is 24.8 Å². The number of carbonyl (C=O) groups excluding carboxylic acids is 1. The first-order valence-electron chi connectivity index (χ1n) is 7.88. The lowest BCUT2D eigenvalue weighted by molar-refractivity contribution is 0.0820. The average molecular weight is 346 g/mol. The molecule has 1 fully saturated rings. The Labute approximate surface area is 146 Å². The first-order valence-corrected chi connectivity index (χ1v) is 8.26. The summed E-state index contributed by atoms with van der Waals surface area (Å²) < 4.78 is 10.5. The van der Waals surface area contributed by atoms with Crippen LogP contribution in [0.1, 0.15) is 35.2 Å². The van der Waals surface area contributed by atoms with Crippen LogP contribution >= 0.6 is 11.6 Å². The highest BCUT2D eigenvalue weighted by atomic mass is 35.5. The largest absolute Gasteiger partial charge is 0.497 e. The average Bonchev–Trinajstić information content (AvgIpc) is 2.58. The fraction of sp³-hybridized carbons (Fsp3) is 0.316. The Morgan fingerprint density at radius 3 is 2.33 bits per heavy atom. The van der Waals surface area contributed by atoms with Crippen LogP contribution in [0, 0.1) is 0 Å². The van der Waals surface area contributed by atoms with E-state index in [4.69, 9.17) is 21.1 Å². The quantitative estimate of drug-likeness (QED) is 0.884. The summed E-state index contributed by atoms with van der Waals surface area (Å²) in [6.07, 6.45) is 2.90. The zero-order valence-corrected chi connectivity index (χ0v) is 14.5. The molecule has 3 rings (SSSR count). The molecule has 0 atom stereocenters. The Balaban J connectivity index is 1.89. The van der Waals surface area contributed by atoms with Crippen LogP contribution in [0.5, 0.6) is 11.5 Å². The maximum Gasteiger partial charge on any atom is 0.255 e. The molecule has 4 nitrogen and oxygen atoms in total. The highest BCUT2D eigenvalue weighted by molar-refractivity contribution is 6.30. The Kier molecular flexibility index (Phi) is 4.67. The summed E-state index contributed by atoms with van der Waals surface area (Å²) >= 11 is 5.98. The van der Waals surface area contributed by atoms with Crippen molar-refractivity contribution in [1.82, 2.24) is 5.32 Å². The number of rotatable bonds is 5. The molecule has 0 aromatic heterocycles. The van der Waals surface area contributed by atoms with E-state index in [0.29, 0.717) is 22.1 Å². The summed E-state index contributed by atoms with van der Waals surface area (Å²) in [6.45, 7) is 0. The van der Waals surface area contributed by atoms with Crippen molar-refractivity contribution in [3.8, 4) is 11.5 Å². The molecule has 24 heavy (non-hydrogen) atoms. The van der Waals surface area contributed by atoms with Gasteiger partial charge in [-0.25, -0.2) is 0 Å². The van der Waals surface area contributed by atoms with Crippen molar-refractivity contribution in [1.29, 1.82) is 0 Å². The van der Waals surface area contributed by atoms with Crippen molar-refractivity contribution in [3.63, 3.8) is 0 Å². The third-order valence-corrected chi connectivity index (χ3v) is 4.86. The van der Waals surface area contributed by atoms with Gasteiger partial charge in [0.25, 0.3) is 5.91 Å². The molecule has 5 heteroatoms. The van der Waals surface area contributed by atoms with Crippen LogP contribution in [0.15, 0.2) is 42.5 Å². The van der Waals surface area contributed by atoms with Crippen LogP contribution in [-0.2, 0) is 5.54 Å². The first kappa shape index (κ1) is 16.7. The lowest BCUT2D eigenvalue weighted by Gasteiger charge is -2.43. The number of nitrogens with one attached hydrogen (secondary N) is 1. The second-order valence-electron chi connectivity index (χ2n) is 5.96. The van der Waals surface area contributed by atoms with Gasteiger partial charge in [-0.15, -0.1) is 0 Å². The maximum atomic E-state index is 12.9. The van der Waals surface area contributed by atoms with Gasteiger partial charge in [0, 0.05) is 5.02 Å². The summed E-state index contributed by atoms with van der Waals surface area (Å²) in [7, 11) is 3.13. The number of methoxy groups -OCH3 is 2. The molecule has 1 N–H and O–H groups in total. The predicted molar refractivity (Wildman–Crippen MR) is 94.0 cm³/mol. The van der Waals surface area contributed by atoms with Gasteiger partial charge in [-0.2, -0.15) is 0 Å². The molecule has 0 heterocycles. The third-order valence-electron chi connectivity index (χ3n) is 4.61. The van der Waals surface area contributed by atoms with Crippen molar-refractivity contribution in [2.45, 2.75) is 24.8 Å². The fourth-order valence-corrected chi connectivity index (χ4v) is 3.19. The Morgan fingerprint density at radius 2 is 1.79 bits per heavy atom. The molecule has 1 amide bonds. The molecular formula is C19H20ClNO3. The number of benzene rings is 2. The molecule has 126 valence electrons. The van der Waals surface area contributed by atoms with Gasteiger partial charge < -0.3 is 14.8 Å². The van der Waals surface area contributed by atoms with Gasteiger partial charge in [-0.1, -0.05) is 23.7 Å². The zero-order valence-electron chi connectivity index (χ0n) is 13.8. The summed E-state index contributed by atoms with van der Waals surface area (Å²) in [5.74, 6) is 0.981. The zero-order chi connectivity index (χ0) is 17.2. The number of amides is 1. The minimum atomic E-state index is -0.338. The van der Waals surface area contributed by atoms with E-state index in [1.165, 1.54) is 0 Å². The van der Waals surface area contributed by atoms with Crippen molar-refractivity contribution < 1.29 is 14.3 Å². The SMILES string of the molecule is COc1ccc(OC)c(C(=O)NC2(c3ccc(Cl)cc3)CCC2)c1. The molecule has 0 spiro atoms. The molecule has 2 aromatic rings. The normalized spacial score (nSPS) is 15.3. The molecule has 0 unspecified atom stereocenters. The smallest absolute Gasteiger partial charge is 0.255 e. The second kappa shape index (κ2) is 6.73. The van der Waals surface area contributed by atoms with Gasteiger partial charge in [0.05, 0.1) is 25.3 Å². The molecule has 2 aromatic carbocycles. The van der Waals surface area contributed by atoms with Crippen molar-refractivity contribution in [2.24, 2.45) is 0 Å². The molecule has 1 saturated carbocycles. The van der Waals surface area contributed by atoms with Gasteiger partial charge in [0.15, 0.2) is 0 Å². The molecule has 0 saturated heterocycles. The highest BCUT2D eigenvalue weighted by Crippen LogP contribution is 2.42. The molecular weight excluding hydrogens is 326 g/mol. The van der Waals surface area contributed by atoms with Gasteiger partial charge in [0.1, 0.15) is 11.5 Å². The van der Waals surface area contributed by atoms with Crippen LogP contribution in [0.3, 0.4) is 0 Å². The molecule has 0 aliphatic heterocycles. The number of hydrogen-bond donors (Lipinski definition) is 1. The lowest BCUT2D eigenvalue weighted by Crippen LogP contribution is -2.50. The van der Waals surface area contributed by atoms with E-state index in [2.05, 4.69) is 5.32 Å². The lowest BCUT2D eigenvalue weighted by atomic mass is 9.71. The number of halogens is 1. The van der Waals surface area contributed by atoms with Crippen LogP contribution in [0.25, 0.3) is 0 Å². The molecule has 1 aliphatic carbocycles. The topological polar surface area (TPSA) is 47.6 Å².